The van der Waals surface area contributed by atoms with E-state index in [1.807, 2.05) is 12.1 Å². The summed E-state index contributed by atoms with van der Waals surface area (Å²) in [5.74, 6) is 0. The quantitative estimate of drug-likeness (QED) is 0.197. The lowest BCUT2D eigenvalue weighted by Gasteiger charge is -2.17. The largest absolute Gasteiger partial charge is 0.456 e. The van der Waals surface area contributed by atoms with Crippen molar-refractivity contribution in [2.45, 2.75) is 0 Å². The van der Waals surface area contributed by atoms with Crippen molar-refractivity contribution in [3.05, 3.63) is 146 Å². The average Bonchev–Trinajstić information content (AvgIpc) is 3.65. The standard InChI is InChI=1S/C42H24O2/c1-2-10-28-25(9-1)18-22-38-42(28)34-20-17-27(24-39(34)44-38)41-32-14-5-3-12-30(32)40(31-13-4-6-15-33(31)41)26-19-21-37-35(23-26)29-11-7-8-16-36(29)43-37/h1-24H. The second-order valence-electron chi connectivity index (χ2n) is 11.6. The van der Waals surface area contributed by atoms with Gasteiger partial charge in [-0.2, -0.15) is 0 Å². The Kier molecular flexibility index (Phi) is 4.75. The Morgan fingerprint density at radius 2 is 0.818 bits per heavy atom. The van der Waals surface area contributed by atoms with E-state index < -0.39 is 0 Å². The number of furan rings is 2. The molecule has 0 bridgehead atoms. The second kappa shape index (κ2) is 8.82. The van der Waals surface area contributed by atoms with Crippen molar-refractivity contribution >= 4 is 76.2 Å². The molecule has 8 aromatic carbocycles. The van der Waals surface area contributed by atoms with Gasteiger partial charge in [0.25, 0.3) is 0 Å². The van der Waals surface area contributed by atoms with Gasteiger partial charge < -0.3 is 8.83 Å². The van der Waals surface area contributed by atoms with Gasteiger partial charge in [0.1, 0.15) is 22.3 Å². The molecule has 0 aliphatic rings. The Morgan fingerprint density at radius 1 is 0.295 bits per heavy atom. The van der Waals surface area contributed by atoms with Gasteiger partial charge in [-0.15, -0.1) is 0 Å². The highest BCUT2D eigenvalue weighted by atomic mass is 16.3. The predicted octanol–water partition coefficient (Wildman–Crippen LogP) is 12.3. The monoisotopic (exact) mass is 560 g/mol. The van der Waals surface area contributed by atoms with E-state index >= 15 is 0 Å². The summed E-state index contributed by atoms with van der Waals surface area (Å²) in [7, 11) is 0. The molecule has 0 unspecified atom stereocenters. The molecule has 10 aromatic rings. The maximum Gasteiger partial charge on any atom is 0.136 e. The number of para-hydroxylation sites is 1. The van der Waals surface area contributed by atoms with E-state index in [2.05, 4.69) is 133 Å². The van der Waals surface area contributed by atoms with Crippen LogP contribution in [0.3, 0.4) is 0 Å². The molecule has 2 heteroatoms. The molecule has 2 heterocycles. The highest BCUT2D eigenvalue weighted by Gasteiger charge is 2.19. The first-order valence-electron chi connectivity index (χ1n) is 15.0. The van der Waals surface area contributed by atoms with E-state index in [9.17, 15) is 0 Å². The summed E-state index contributed by atoms with van der Waals surface area (Å²) in [6.45, 7) is 0. The predicted molar refractivity (Wildman–Crippen MR) is 184 cm³/mol. The molecule has 0 fully saturated rings. The fourth-order valence-corrected chi connectivity index (χ4v) is 7.33. The molecule has 0 saturated carbocycles. The molecule has 0 N–H and O–H groups in total. The molecule has 2 nitrogen and oxygen atoms in total. The van der Waals surface area contributed by atoms with Crippen LogP contribution in [0.5, 0.6) is 0 Å². The first-order chi connectivity index (χ1) is 21.8. The molecular weight excluding hydrogens is 536 g/mol. The Balaban J connectivity index is 1.27. The van der Waals surface area contributed by atoms with Crippen LogP contribution >= 0.6 is 0 Å². The maximum absolute atomic E-state index is 6.50. The van der Waals surface area contributed by atoms with Crippen molar-refractivity contribution in [2.24, 2.45) is 0 Å². The molecule has 2 aromatic heterocycles. The van der Waals surface area contributed by atoms with Crippen LogP contribution in [0.4, 0.5) is 0 Å². The summed E-state index contributed by atoms with van der Waals surface area (Å²) < 4.78 is 12.7. The van der Waals surface area contributed by atoms with Gasteiger partial charge in [-0.1, -0.05) is 109 Å². The average molecular weight is 561 g/mol. The molecule has 0 radical (unpaired) electrons. The number of benzene rings is 8. The zero-order valence-electron chi connectivity index (χ0n) is 23.7. The molecule has 0 atom stereocenters. The lowest BCUT2D eigenvalue weighted by atomic mass is 9.85. The van der Waals surface area contributed by atoms with Crippen LogP contribution in [0.15, 0.2) is 154 Å². The summed E-state index contributed by atoms with van der Waals surface area (Å²) in [6.07, 6.45) is 0. The van der Waals surface area contributed by atoms with E-state index in [0.29, 0.717) is 0 Å². The summed E-state index contributed by atoms with van der Waals surface area (Å²) in [5, 5.41) is 11.9. The summed E-state index contributed by atoms with van der Waals surface area (Å²) in [5.41, 5.74) is 8.45. The van der Waals surface area contributed by atoms with Crippen molar-refractivity contribution in [1.82, 2.24) is 0 Å². The summed E-state index contributed by atoms with van der Waals surface area (Å²) in [4.78, 5) is 0. The van der Waals surface area contributed by atoms with Crippen molar-refractivity contribution in [2.75, 3.05) is 0 Å². The van der Waals surface area contributed by atoms with E-state index in [-0.39, 0.29) is 0 Å². The smallest absolute Gasteiger partial charge is 0.136 e. The van der Waals surface area contributed by atoms with Gasteiger partial charge in [0.15, 0.2) is 0 Å². The van der Waals surface area contributed by atoms with Crippen molar-refractivity contribution in [1.29, 1.82) is 0 Å². The van der Waals surface area contributed by atoms with Crippen LogP contribution in [0.1, 0.15) is 0 Å². The first-order valence-corrected chi connectivity index (χ1v) is 15.0. The number of hydrogen-bond acceptors (Lipinski definition) is 2. The molecule has 0 aliphatic carbocycles. The van der Waals surface area contributed by atoms with E-state index in [4.69, 9.17) is 8.83 Å². The van der Waals surface area contributed by atoms with Crippen LogP contribution in [0.25, 0.3) is 98.4 Å². The minimum Gasteiger partial charge on any atom is -0.456 e. The van der Waals surface area contributed by atoms with E-state index in [0.717, 1.165) is 44.1 Å². The molecule has 0 amide bonds. The zero-order valence-corrected chi connectivity index (χ0v) is 23.7. The highest BCUT2D eigenvalue weighted by molar-refractivity contribution is 6.24. The topological polar surface area (TPSA) is 26.3 Å². The van der Waals surface area contributed by atoms with Crippen LogP contribution < -0.4 is 0 Å². The third kappa shape index (κ3) is 3.25. The Hall–Kier alpha value is -5.86. The van der Waals surface area contributed by atoms with E-state index in [1.165, 1.54) is 54.4 Å². The third-order valence-electron chi connectivity index (χ3n) is 9.25. The van der Waals surface area contributed by atoms with Gasteiger partial charge in [0.05, 0.1) is 0 Å². The maximum atomic E-state index is 6.50. The molecule has 204 valence electrons. The van der Waals surface area contributed by atoms with Crippen molar-refractivity contribution in [3.63, 3.8) is 0 Å². The third-order valence-corrected chi connectivity index (χ3v) is 9.25. The fourth-order valence-electron chi connectivity index (χ4n) is 7.33. The van der Waals surface area contributed by atoms with Gasteiger partial charge in [-0.3, -0.25) is 0 Å². The lowest BCUT2D eigenvalue weighted by molar-refractivity contribution is 0.668. The van der Waals surface area contributed by atoms with Gasteiger partial charge >= 0.3 is 0 Å². The molecule has 0 saturated heterocycles. The second-order valence-corrected chi connectivity index (χ2v) is 11.6. The van der Waals surface area contributed by atoms with Gasteiger partial charge in [-0.25, -0.2) is 0 Å². The number of rotatable bonds is 2. The van der Waals surface area contributed by atoms with E-state index in [1.54, 1.807) is 0 Å². The highest BCUT2D eigenvalue weighted by Crippen LogP contribution is 2.46. The molecule has 0 spiro atoms. The van der Waals surface area contributed by atoms with Crippen LogP contribution in [-0.2, 0) is 0 Å². The fraction of sp³-hybridized carbons (Fsp3) is 0. The van der Waals surface area contributed by atoms with Crippen LogP contribution in [-0.4, -0.2) is 0 Å². The van der Waals surface area contributed by atoms with Gasteiger partial charge in [-0.05, 0) is 91.0 Å². The Bertz CT molecular complexity index is 2720. The number of fused-ring (bicyclic) bond motifs is 10. The van der Waals surface area contributed by atoms with Gasteiger partial charge in [0, 0.05) is 21.5 Å². The normalized spacial score (nSPS) is 12.1. The van der Waals surface area contributed by atoms with Crippen LogP contribution in [0, 0.1) is 0 Å². The minimum absolute atomic E-state index is 0.906. The van der Waals surface area contributed by atoms with Crippen molar-refractivity contribution < 1.29 is 8.83 Å². The van der Waals surface area contributed by atoms with Crippen LogP contribution in [0.2, 0.25) is 0 Å². The van der Waals surface area contributed by atoms with Crippen molar-refractivity contribution in [3.8, 4) is 22.3 Å². The Morgan fingerprint density at radius 3 is 1.55 bits per heavy atom. The Labute approximate surface area is 252 Å². The molecule has 0 aliphatic heterocycles. The molecule has 10 rings (SSSR count). The first kappa shape index (κ1) is 23.7. The SMILES string of the molecule is c1ccc2c(c1)ccc1oc3cc(-c4c5ccccc5c(-c5ccc6oc7ccccc7c6c5)c5ccccc45)ccc3c12. The minimum atomic E-state index is 0.906. The summed E-state index contributed by atoms with van der Waals surface area (Å²) >= 11 is 0. The lowest BCUT2D eigenvalue weighted by Crippen LogP contribution is -1.90. The summed E-state index contributed by atoms with van der Waals surface area (Å²) in [6, 6.07) is 51.9. The zero-order chi connectivity index (χ0) is 28.8. The molecule has 44 heavy (non-hydrogen) atoms. The number of hydrogen-bond donors (Lipinski definition) is 0. The van der Waals surface area contributed by atoms with Gasteiger partial charge in [0.2, 0.25) is 0 Å². The molecular formula is C42H24O2.